The van der Waals surface area contributed by atoms with Crippen molar-refractivity contribution < 1.29 is 9.90 Å². The fraction of sp³-hybridized carbons (Fsp3) is 0.273. The second kappa shape index (κ2) is 5.18. The van der Waals surface area contributed by atoms with Gasteiger partial charge in [-0.05, 0) is 54.6 Å². The summed E-state index contributed by atoms with van der Waals surface area (Å²) >= 11 is 6.92. The lowest BCUT2D eigenvalue weighted by atomic mass is 10.0. The summed E-state index contributed by atoms with van der Waals surface area (Å²) in [4.78, 5) is 12.1. The number of amides is 1. The molecule has 0 radical (unpaired) electrons. The molecule has 0 bridgehead atoms. The van der Waals surface area contributed by atoms with Gasteiger partial charge in [-0.1, -0.05) is 12.2 Å². The number of carbonyl (C=O) groups is 1. The van der Waals surface area contributed by atoms with Gasteiger partial charge in [-0.15, -0.1) is 0 Å². The van der Waals surface area contributed by atoms with Crippen molar-refractivity contribution in [2.45, 2.75) is 19.4 Å². The van der Waals surface area contributed by atoms with E-state index < -0.39 is 11.4 Å². The lowest BCUT2D eigenvalue weighted by Crippen LogP contribution is -2.52. The van der Waals surface area contributed by atoms with Gasteiger partial charge >= 0.3 is 0 Å². The van der Waals surface area contributed by atoms with Crippen LogP contribution in [-0.4, -0.2) is 21.5 Å². The summed E-state index contributed by atoms with van der Waals surface area (Å²) < 4.78 is 0.860. The average Bonchev–Trinajstić information content (AvgIpc) is 2.20. The van der Waals surface area contributed by atoms with Gasteiger partial charge in [0.15, 0.2) is 0 Å². The zero-order valence-corrected chi connectivity index (χ0v) is 12.4. The molecule has 1 aromatic carbocycles. The first kappa shape index (κ1) is 14.2. The Morgan fingerprint density at radius 1 is 1.53 bits per heavy atom. The van der Waals surface area contributed by atoms with Crippen LogP contribution in [0.4, 0.5) is 0 Å². The Kier molecular flexibility index (Phi) is 4.31. The average molecular weight is 364 g/mol. The minimum Gasteiger partial charge on any atom is -0.507 e. The van der Waals surface area contributed by atoms with Crippen molar-refractivity contribution in [1.82, 2.24) is 5.32 Å². The molecule has 0 aromatic heterocycles. The molecule has 0 atom stereocenters. The number of phenolic OH excluding ortho intramolecular Hbond substituents is 1. The zero-order chi connectivity index (χ0) is 13.2. The van der Waals surface area contributed by atoms with E-state index in [0.29, 0.717) is 0 Å². The molecule has 0 aliphatic rings. The minimum absolute atomic E-state index is 0.0679. The van der Waals surface area contributed by atoms with E-state index in [-0.39, 0.29) is 16.3 Å². The van der Waals surface area contributed by atoms with E-state index in [1.54, 1.807) is 26.0 Å². The molecule has 17 heavy (non-hydrogen) atoms. The highest BCUT2D eigenvalue weighted by Gasteiger charge is 2.25. The molecule has 92 valence electrons. The van der Waals surface area contributed by atoms with E-state index in [9.17, 15) is 9.90 Å². The van der Waals surface area contributed by atoms with Crippen LogP contribution in [0.25, 0.3) is 0 Å². The van der Waals surface area contributed by atoms with Gasteiger partial charge in [0.25, 0.3) is 5.91 Å². The van der Waals surface area contributed by atoms with Crippen molar-refractivity contribution in [3.63, 3.8) is 0 Å². The first-order valence-electron chi connectivity index (χ1n) is 4.85. The molecule has 0 saturated heterocycles. The maximum absolute atomic E-state index is 11.9. The van der Waals surface area contributed by atoms with Crippen molar-refractivity contribution in [2.24, 2.45) is 5.73 Å². The van der Waals surface area contributed by atoms with E-state index in [0.717, 1.165) is 3.57 Å². The van der Waals surface area contributed by atoms with Crippen LogP contribution in [0, 0.1) is 3.57 Å². The number of aromatic hydroxyl groups is 1. The van der Waals surface area contributed by atoms with Gasteiger partial charge in [0, 0.05) is 3.57 Å². The molecular weight excluding hydrogens is 351 g/mol. The van der Waals surface area contributed by atoms with Crippen LogP contribution in [-0.2, 0) is 0 Å². The van der Waals surface area contributed by atoms with Crippen molar-refractivity contribution >= 4 is 45.7 Å². The highest BCUT2D eigenvalue weighted by molar-refractivity contribution is 14.1. The predicted molar refractivity (Wildman–Crippen MR) is 79.2 cm³/mol. The highest BCUT2D eigenvalue weighted by atomic mass is 127. The fourth-order valence-electron chi connectivity index (χ4n) is 1.10. The number of thiocarbonyl (C=S) groups is 1. The molecule has 1 rings (SSSR count). The molecule has 1 aromatic rings. The molecular formula is C11H13IN2O2S. The second-order valence-corrected chi connectivity index (χ2v) is 5.79. The molecule has 0 unspecified atom stereocenters. The summed E-state index contributed by atoms with van der Waals surface area (Å²) in [6, 6.07) is 4.79. The van der Waals surface area contributed by atoms with Crippen LogP contribution in [0.2, 0.25) is 0 Å². The van der Waals surface area contributed by atoms with E-state index in [1.165, 1.54) is 6.07 Å². The molecule has 6 heteroatoms. The number of rotatable bonds is 3. The normalized spacial score (nSPS) is 11.0. The Hall–Kier alpha value is -0.890. The monoisotopic (exact) mass is 364 g/mol. The highest BCUT2D eigenvalue weighted by Crippen LogP contribution is 2.20. The van der Waals surface area contributed by atoms with Crippen LogP contribution < -0.4 is 11.1 Å². The fourth-order valence-corrected chi connectivity index (χ4v) is 1.65. The number of carbonyl (C=O) groups excluding carboxylic acids is 1. The van der Waals surface area contributed by atoms with Crippen molar-refractivity contribution in [3.05, 3.63) is 27.3 Å². The number of benzene rings is 1. The van der Waals surface area contributed by atoms with Gasteiger partial charge in [-0.25, -0.2) is 0 Å². The first-order chi connectivity index (χ1) is 7.74. The summed E-state index contributed by atoms with van der Waals surface area (Å²) in [5, 5.41) is 12.3. The molecule has 0 fully saturated rings. The molecule has 4 nitrogen and oxygen atoms in total. The number of nitrogens with one attached hydrogen (secondary N) is 1. The second-order valence-electron chi connectivity index (χ2n) is 4.10. The van der Waals surface area contributed by atoms with Crippen LogP contribution in [0.3, 0.4) is 0 Å². The third-order valence-corrected chi connectivity index (χ3v) is 3.43. The third kappa shape index (κ3) is 3.53. The van der Waals surface area contributed by atoms with E-state index in [2.05, 4.69) is 27.9 Å². The summed E-state index contributed by atoms with van der Waals surface area (Å²) in [6.45, 7) is 3.41. The van der Waals surface area contributed by atoms with Crippen molar-refractivity contribution in [1.29, 1.82) is 0 Å². The molecule has 1 amide bonds. The topological polar surface area (TPSA) is 75.3 Å². The Morgan fingerprint density at radius 3 is 2.65 bits per heavy atom. The maximum Gasteiger partial charge on any atom is 0.255 e. The Morgan fingerprint density at radius 2 is 2.12 bits per heavy atom. The van der Waals surface area contributed by atoms with Crippen LogP contribution >= 0.6 is 34.8 Å². The summed E-state index contributed by atoms with van der Waals surface area (Å²) in [5.74, 6) is -0.472. The van der Waals surface area contributed by atoms with E-state index >= 15 is 0 Å². The number of hydrogen-bond acceptors (Lipinski definition) is 3. The van der Waals surface area contributed by atoms with Crippen LogP contribution in [0.5, 0.6) is 5.75 Å². The first-order valence-corrected chi connectivity index (χ1v) is 6.33. The van der Waals surface area contributed by atoms with Gasteiger partial charge in [0.05, 0.1) is 16.1 Å². The smallest absolute Gasteiger partial charge is 0.255 e. The van der Waals surface area contributed by atoms with Gasteiger partial charge < -0.3 is 16.2 Å². The minimum atomic E-state index is -0.792. The largest absolute Gasteiger partial charge is 0.507 e. The van der Waals surface area contributed by atoms with Crippen LogP contribution in [0.1, 0.15) is 24.2 Å². The Bertz CT molecular complexity index is 475. The summed E-state index contributed by atoms with van der Waals surface area (Å²) in [6.07, 6.45) is 0. The van der Waals surface area contributed by atoms with E-state index in [1.807, 2.05) is 0 Å². The molecule has 0 aliphatic heterocycles. The standard InChI is InChI=1S/C11H13IN2O2S/c1-11(2,10(13)17)14-9(16)7-5-6(12)3-4-8(7)15/h3-5,15H,1-2H3,(H2,13,17)(H,14,16). The molecule has 0 saturated carbocycles. The molecule has 0 aliphatic carbocycles. The lowest BCUT2D eigenvalue weighted by Gasteiger charge is -2.24. The number of nitrogens with two attached hydrogens (primary N) is 1. The van der Waals surface area contributed by atoms with Gasteiger partial charge in [0.2, 0.25) is 0 Å². The lowest BCUT2D eigenvalue weighted by molar-refractivity contribution is 0.0929. The molecule has 0 spiro atoms. The maximum atomic E-state index is 11.9. The zero-order valence-electron chi connectivity index (χ0n) is 9.45. The Labute approximate surface area is 119 Å². The Balaban J connectivity index is 2.98. The quantitative estimate of drug-likeness (QED) is 0.565. The third-order valence-electron chi connectivity index (χ3n) is 2.25. The van der Waals surface area contributed by atoms with Crippen molar-refractivity contribution in [3.8, 4) is 5.75 Å². The predicted octanol–water partition coefficient (Wildman–Crippen LogP) is 1.79. The van der Waals surface area contributed by atoms with E-state index in [4.69, 9.17) is 18.0 Å². The SMILES string of the molecule is CC(C)(NC(=O)c1cc(I)ccc1O)C(N)=S. The molecule has 4 N–H and O–H groups in total. The van der Waals surface area contributed by atoms with Gasteiger partial charge in [0.1, 0.15) is 5.75 Å². The number of halogens is 1. The van der Waals surface area contributed by atoms with Crippen molar-refractivity contribution in [2.75, 3.05) is 0 Å². The van der Waals surface area contributed by atoms with Crippen LogP contribution in [0.15, 0.2) is 18.2 Å². The van der Waals surface area contributed by atoms with Gasteiger partial charge in [-0.3, -0.25) is 4.79 Å². The van der Waals surface area contributed by atoms with Gasteiger partial charge in [-0.2, -0.15) is 0 Å². The summed E-state index contributed by atoms with van der Waals surface area (Å²) in [5.41, 5.74) is 4.94. The summed E-state index contributed by atoms with van der Waals surface area (Å²) in [7, 11) is 0. The number of hydrogen-bond donors (Lipinski definition) is 3. The number of phenols is 1. The molecule has 0 heterocycles.